The van der Waals surface area contributed by atoms with Gasteiger partial charge in [-0.2, -0.15) is 0 Å². The predicted molar refractivity (Wildman–Crippen MR) is 81.5 cm³/mol. The van der Waals surface area contributed by atoms with Crippen molar-refractivity contribution in [3.63, 3.8) is 0 Å². The average molecular weight is 281 g/mol. The highest BCUT2D eigenvalue weighted by atomic mass is 16.5. The van der Waals surface area contributed by atoms with Crippen molar-refractivity contribution in [1.82, 2.24) is 5.32 Å². The first-order chi connectivity index (χ1) is 9.58. The zero-order valence-corrected chi connectivity index (χ0v) is 13.2. The number of rotatable bonds is 9. The van der Waals surface area contributed by atoms with Gasteiger partial charge in [0.05, 0.1) is 13.7 Å². The van der Waals surface area contributed by atoms with Gasteiger partial charge in [-0.3, -0.25) is 0 Å². The number of para-hydroxylation sites is 1. The van der Waals surface area contributed by atoms with Crippen molar-refractivity contribution in [2.45, 2.75) is 33.4 Å². The molecule has 20 heavy (non-hydrogen) atoms. The molecule has 4 heteroatoms. The van der Waals surface area contributed by atoms with E-state index < -0.39 is 0 Å². The zero-order chi connectivity index (χ0) is 15.0. The molecule has 0 radical (unpaired) electrons. The Hall–Kier alpha value is -1.26. The Morgan fingerprint density at radius 1 is 1.15 bits per heavy atom. The molecule has 0 aliphatic carbocycles. The molecule has 4 nitrogen and oxygen atoms in total. The Morgan fingerprint density at radius 3 is 2.50 bits per heavy atom. The lowest BCUT2D eigenvalue weighted by atomic mass is 10.1. The van der Waals surface area contributed by atoms with Crippen molar-refractivity contribution < 1.29 is 14.2 Å². The van der Waals surface area contributed by atoms with E-state index in [1.165, 1.54) is 0 Å². The molecule has 1 rings (SSSR count). The number of ether oxygens (including phenoxy) is 3. The van der Waals surface area contributed by atoms with Gasteiger partial charge >= 0.3 is 0 Å². The van der Waals surface area contributed by atoms with E-state index in [1.54, 1.807) is 14.2 Å². The van der Waals surface area contributed by atoms with Crippen LogP contribution in [0.15, 0.2) is 18.2 Å². The lowest BCUT2D eigenvalue weighted by molar-refractivity contribution is 0.0892. The molecular weight excluding hydrogens is 254 g/mol. The summed E-state index contributed by atoms with van der Waals surface area (Å²) in [5.74, 6) is 2.19. The standard InChI is InChI=1S/C16H27NO3/c1-12(2)9-17-10-14-7-6-8-15(19-5)16(14)20-13(3)11-18-4/h6-8,12-13,17H,9-11H2,1-5H3. The van der Waals surface area contributed by atoms with Crippen molar-refractivity contribution in [1.29, 1.82) is 0 Å². The minimum atomic E-state index is -0.0138. The first kappa shape index (κ1) is 16.8. The molecule has 0 bridgehead atoms. The van der Waals surface area contributed by atoms with Crippen LogP contribution in [0.1, 0.15) is 26.3 Å². The number of methoxy groups -OCH3 is 2. The summed E-state index contributed by atoms with van der Waals surface area (Å²) in [4.78, 5) is 0. The molecule has 0 saturated carbocycles. The molecule has 0 amide bonds. The first-order valence-corrected chi connectivity index (χ1v) is 7.10. The Labute approximate surface area is 122 Å². The smallest absolute Gasteiger partial charge is 0.166 e. The van der Waals surface area contributed by atoms with E-state index in [9.17, 15) is 0 Å². The van der Waals surface area contributed by atoms with Crippen LogP contribution < -0.4 is 14.8 Å². The Balaban J connectivity index is 2.80. The SMILES string of the molecule is COCC(C)Oc1c(CNCC(C)C)cccc1OC. The molecule has 114 valence electrons. The van der Waals surface area contributed by atoms with Crippen molar-refractivity contribution >= 4 is 0 Å². The summed E-state index contributed by atoms with van der Waals surface area (Å²) in [5.41, 5.74) is 1.10. The van der Waals surface area contributed by atoms with Crippen LogP contribution in [0.25, 0.3) is 0 Å². The molecule has 0 aliphatic heterocycles. The molecule has 0 heterocycles. The second-order valence-electron chi connectivity index (χ2n) is 5.36. The summed E-state index contributed by atoms with van der Waals surface area (Å²) < 4.78 is 16.5. The Kier molecular flexibility index (Phi) is 7.41. The molecule has 0 fully saturated rings. The highest BCUT2D eigenvalue weighted by molar-refractivity contribution is 5.46. The molecule has 1 atom stereocenters. The first-order valence-electron chi connectivity index (χ1n) is 7.10. The van der Waals surface area contributed by atoms with Crippen molar-refractivity contribution in [2.24, 2.45) is 5.92 Å². The highest BCUT2D eigenvalue weighted by Crippen LogP contribution is 2.32. The third-order valence-electron chi connectivity index (χ3n) is 2.87. The average Bonchev–Trinajstić information content (AvgIpc) is 2.40. The van der Waals surface area contributed by atoms with Gasteiger partial charge in [-0.1, -0.05) is 26.0 Å². The van der Waals surface area contributed by atoms with Crippen LogP contribution in [0.2, 0.25) is 0 Å². The van der Waals surface area contributed by atoms with Crippen LogP contribution in [0, 0.1) is 5.92 Å². The lowest BCUT2D eigenvalue weighted by Gasteiger charge is -2.19. The van der Waals surface area contributed by atoms with Gasteiger partial charge < -0.3 is 19.5 Å². The van der Waals surface area contributed by atoms with E-state index in [2.05, 4.69) is 25.2 Å². The normalized spacial score (nSPS) is 12.5. The molecule has 0 saturated heterocycles. The summed E-state index contributed by atoms with van der Waals surface area (Å²) in [6.45, 7) is 8.67. The molecule has 1 aromatic rings. The lowest BCUT2D eigenvalue weighted by Crippen LogP contribution is -2.22. The number of hydrogen-bond acceptors (Lipinski definition) is 4. The highest BCUT2D eigenvalue weighted by Gasteiger charge is 2.13. The molecule has 1 unspecified atom stereocenters. The topological polar surface area (TPSA) is 39.7 Å². The van der Waals surface area contributed by atoms with E-state index in [4.69, 9.17) is 14.2 Å². The number of nitrogens with one attached hydrogen (secondary N) is 1. The summed E-state index contributed by atoms with van der Waals surface area (Å²) in [5, 5.41) is 3.43. The van der Waals surface area contributed by atoms with Crippen LogP contribution in [0.3, 0.4) is 0 Å². The van der Waals surface area contributed by atoms with E-state index in [-0.39, 0.29) is 6.10 Å². The second kappa shape index (κ2) is 8.82. The van der Waals surface area contributed by atoms with Crippen molar-refractivity contribution in [3.05, 3.63) is 23.8 Å². The molecule has 0 aromatic heterocycles. The van der Waals surface area contributed by atoms with Gasteiger partial charge in [0, 0.05) is 19.2 Å². The third-order valence-corrected chi connectivity index (χ3v) is 2.87. The van der Waals surface area contributed by atoms with Crippen LogP contribution in [-0.2, 0) is 11.3 Å². The molecule has 1 N–H and O–H groups in total. The molecule has 0 aliphatic rings. The van der Waals surface area contributed by atoms with Crippen molar-refractivity contribution in [2.75, 3.05) is 27.4 Å². The maximum absolute atomic E-state index is 5.98. The van der Waals surface area contributed by atoms with Gasteiger partial charge in [0.1, 0.15) is 6.10 Å². The fraction of sp³-hybridized carbons (Fsp3) is 0.625. The summed E-state index contributed by atoms with van der Waals surface area (Å²) >= 11 is 0. The summed E-state index contributed by atoms with van der Waals surface area (Å²) in [7, 11) is 3.34. The zero-order valence-electron chi connectivity index (χ0n) is 13.2. The maximum atomic E-state index is 5.98. The van der Waals surface area contributed by atoms with Gasteiger partial charge in [-0.15, -0.1) is 0 Å². The van der Waals surface area contributed by atoms with E-state index >= 15 is 0 Å². The predicted octanol–water partition coefficient (Wildman–Crippen LogP) is 2.85. The van der Waals surface area contributed by atoms with Gasteiger partial charge in [-0.05, 0) is 25.5 Å². The summed E-state index contributed by atoms with van der Waals surface area (Å²) in [6, 6.07) is 5.96. The van der Waals surface area contributed by atoms with Gasteiger partial charge in [0.2, 0.25) is 0 Å². The largest absolute Gasteiger partial charge is 0.493 e. The van der Waals surface area contributed by atoms with Gasteiger partial charge in [-0.25, -0.2) is 0 Å². The maximum Gasteiger partial charge on any atom is 0.166 e. The van der Waals surface area contributed by atoms with Crippen LogP contribution in [0.4, 0.5) is 0 Å². The van der Waals surface area contributed by atoms with Crippen LogP contribution in [0.5, 0.6) is 11.5 Å². The monoisotopic (exact) mass is 281 g/mol. The van der Waals surface area contributed by atoms with Gasteiger partial charge in [0.25, 0.3) is 0 Å². The van der Waals surface area contributed by atoms with Gasteiger partial charge in [0.15, 0.2) is 11.5 Å². The fourth-order valence-corrected chi connectivity index (χ4v) is 1.96. The quantitative estimate of drug-likeness (QED) is 0.755. The minimum absolute atomic E-state index is 0.0138. The fourth-order valence-electron chi connectivity index (χ4n) is 1.96. The van der Waals surface area contributed by atoms with E-state index in [0.29, 0.717) is 12.5 Å². The number of hydrogen-bond donors (Lipinski definition) is 1. The third kappa shape index (κ3) is 5.39. The molecule has 0 spiro atoms. The van der Waals surface area contributed by atoms with E-state index in [0.717, 1.165) is 30.2 Å². The minimum Gasteiger partial charge on any atom is -0.493 e. The Morgan fingerprint density at radius 2 is 1.90 bits per heavy atom. The Bertz CT molecular complexity index is 393. The number of benzene rings is 1. The second-order valence-corrected chi connectivity index (χ2v) is 5.36. The van der Waals surface area contributed by atoms with Crippen LogP contribution in [-0.4, -0.2) is 33.5 Å². The summed E-state index contributed by atoms with van der Waals surface area (Å²) in [6.07, 6.45) is -0.0138. The van der Waals surface area contributed by atoms with Crippen LogP contribution >= 0.6 is 0 Å². The molecular formula is C16H27NO3. The molecule has 1 aromatic carbocycles. The van der Waals surface area contributed by atoms with Crippen molar-refractivity contribution in [3.8, 4) is 11.5 Å². The van der Waals surface area contributed by atoms with E-state index in [1.807, 2.05) is 19.1 Å².